The quantitative estimate of drug-likeness (QED) is 0.744. The summed E-state index contributed by atoms with van der Waals surface area (Å²) in [4.78, 5) is 11.3. The summed E-state index contributed by atoms with van der Waals surface area (Å²) < 4.78 is 17.9. The molecule has 1 aromatic carbocycles. The van der Waals surface area contributed by atoms with Crippen molar-refractivity contribution in [2.24, 2.45) is 5.92 Å². The topological polar surface area (TPSA) is 73.9 Å². The predicted octanol–water partition coefficient (Wildman–Crippen LogP) is 1.75. The van der Waals surface area contributed by atoms with E-state index >= 15 is 0 Å². The van der Waals surface area contributed by atoms with Crippen LogP contribution in [-0.2, 0) is 9.53 Å². The lowest BCUT2D eigenvalue weighted by molar-refractivity contribution is -0.143. The van der Waals surface area contributed by atoms with Gasteiger partial charge in [-0.25, -0.2) is 4.39 Å². The molecule has 5 heteroatoms. The van der Waals surface area contributed by atoms with Crippen LogP contribution in [0.1, 0.15) is 11.5 Å². The third-order valence-corrected chi connectivity index (χ3v) is 2.31. The van der Waals surface area contributed by atoms with Crippen molar-refractivity contribution in [2.75, 3.05) is 7.11 Å². The molecule has 4 nitrogen and oxygen atoms in total. The molecule has 0 spiro atoms. The number of nitrogens with zero attached hydrogens (tertiary/aromatic N) is 2. The molecule has 0 saturated heterocycles. The zero-order chi connectivity index (χ0) is 12.8. The minimum absolute atomic E-state index is 0.0203. The molecule has 0 amide bonds. The first-order valence-corrected chi connectivity index (χ1v) is 4.77. The van der Waals surface area contributed by atoms with Crippen molar-refractivity contribution in [3.05, 3.63) is 35.6 Å². The Hall–Kier alpha value is -2.40. The Morgan fingerprint density at radius 1 is 1.35 bits per heavy atom. The number of carbonyl (C=O) groups excluding carboxylic acids is 1. The summed E-state index contributed by atoms with van der Waals surface area (Å²) in [6.07, 6.45) is 0. The van der Waals surface area contributed by atoms with Gasteiger partial charge in [-0.1, -0.05) is 18.2 Å². The third kappa shape index (κ3) is 2.59. The number of ether oxygens (including phenoxy) is 1. The van der Waals surface area contributed by atoms with Crippen LogP contribution in [-0.4, -0.2) is 13.1 Å². The molecule has 0 radical (unpaired) electrons. The second-order valence-corrected chi connectivity index (χ2v) is 3.26. The average molecular weight is 232 g/mol. The van der Waals surface area contributed by atoms with Gasteiger partial charge in [0.05, 0.1) is 19.2 Å². The Morgan fingerprint density at radius 3 is 2.47 bits per heavy atom. The van der Waals surface area contributed by atoms with Crippen LogP contribution >= 0.6 is 0 Å². The Bertz CT molecular complexity index is 502. The molecule has 0 bridgehead atoms. The fourth-order valence-corrected chi connectivity index (χ4v) is 1.44. The fraction of sp³-hybridized carbons (Fsp3) is 0.250. The van der Waals surface area contributed by atoms with Crippen molar-refractivity contribution in [3.63, 3.8) is 0 Å². The number of nitriles is 2. The van der Waals surface area contributed by atoms with E-state index in [-0.39, 0.29) is 5.56 Å². The Kier molecular flexibility index (Phi) is 4.19. The van der Waals surface area contributed by atoms with Gasteiger partial charge < -0.3 is 4.74 Å². The van der Waals surface area contributed by atoms with Gasteiger partial charge in [-0.2, -0.15) is 10.5 Å². The zero-order valence-corrected chi connectivity index (χ0v) is 9.05. The summed E-state index contributed by atoms with van der Waals surface area (Å²) in [6, 6.07) is 8.97. The van der Waals surface area contributed by atoms with Gasteiger partial charge >= 0.3 is 5.97 Å². The summed E-state index contributed by atoms with van der Waals surface area (Å²) in [5.41, 5.74) is 0.0203. The fourth-order valence-electron chi connectivity index (χ4n) is 1.44. The number of esters is 1. The Labute approximate surface area is 97.8 Å². The van der Waals surface area contributed by atoms with Gasteiger partial charge in [-0.05, 0) is 6.07 Å². The van der Waals surface area contributed by atoms with Gasteiger partial charge in [-0.3, -0.25) is 4.79 Å². The van der Waals surface area contributed by atoms with E-state index in [9.17, 15) is 9.18 Å². The van der Waals surface area contributed by atoms with E-state index in [1.807, 2.05) is 0 Å². The first-order valence-electron chi connectivity index (χ1n) is 4.77. The van der Waals surface area contributed by atoms with Gasteiger partial charge in [0.1, 0.15) is 11.7 Å². The van der Waals surface area contributed by atoms with E-state index in [1.165, 1.54) is 24.3 Å². The normalized spacial score (nSPS) is 12.9. The number of halogens is 1. The van der Waals surface area contributed by atoms with Crippen LogP contribution < -0.4 is 0 Å². The van der Waals surface area contributed by atoms with E-state index in [2.05, 4.69) is 4.74 Å². The van der Waals surface area contributed by atoms with Crippen molar-refractivity contribution in [3.8, 4) is 12.1 Å². The van der Waals surface area contributed by atoms with E-state index < -0.39 is 23.6 Å². The second-order valence-electron chi connectivity index (χ2n) is 3.26. The number of hydrogen-bond donors (Lipinski definition) is 0. The van der Waals surface area contributed by atoms with Crippen molar-refractivity contribution < 1.29 is 13.9 Å². The second kappa shape index (κ2) is 5.62. The minimum atomic E-state index is -1.33. The van der Waals surface area contributed by atoms with Crippen molar-refractivity contribution in [1.29, 1.82) is 10.5 Å². The molecule has 1 aromatic rings. The molecule has 0 N–H and O–H groups in total. The molecule has 86 valence electrons. The van der Waals surface area contributed by atoms with Crippen LogP contribution in [0.15, 0.2) is 24.3 Å². The SMILES string of the molecule is COC(=O)[C@@H](C#N)[C@H](C#N)c1ccccc1F. The molecule has 0 aliphatic heterocycles. The molecule has 0 unspecified atom stereocenters. The lowest BCUT2D eigenvalue weighted by Gasteiger charge is -2.14. The third-order valence-electron chi connectivity index (χ3n) is 2.31. The lowest BCUT2D eigenvalue weighted by Crippen LogP contribution is -2.22. The number of hydrogen-bond acceptors (Lipinski definition) is 4. The molecule has 1 rings (SSSR count). The molecule has 0 saturated carbocycles. The highest BCUT2D eigenvalue weighted by Crippen LogP contribution is 2.26. The van der Waals surface area contributed by atoms with E-state index in [4.69, 9.17) is 10.5 Å². The van der Waals surface area contributed by atoms with Crippen molar-refractivity contribution in [1.82, 2.24) is 0 Å². The number of carbonyl (C=O) groups is 1. The summed E-state index contributed by atoms with van der Waals surface area (Å²) in [5.74, 6) is -3.97. The molecule has 0 fully saturated rings. The van der Waals surface area contributed by atoms with Gasteiger partial charge in [0.25, 0.3) is 0 Å². The zero-order valence-electron chi connectivity index (χ0n) is 9.05. The minimum Gasteiger partial charge on any atom is -0.468 e. The maximum Gasteiger partial charge on any atom is 0.324 e. The molecule has 17 heavy (non-hydrogen) atoms. The van der Waals surface area contributed by atoms with E-state index in [1.54, 1.807) is 12.1 Å². The number of methoxy groups -OCH3 is 1. The Balaban J connectivity index is 3.17. The predicted molar refractivity (Wildman–Crippen MR) is 55.9 cm³/mol. The highest BCUT2D eigenvalue weighted by Gasteiger charge is 2.32. The number of benzene rings is 1. The van der Waals surface area contributed by atoms with Gasteiger partial charge in [0, 0.05) is 5.56 Å². The first kappa shape index (κ1) is 12.7. The molecular weight excluding hydrogens is 223 g/mol. The molecule has 0 aliphatic carbocycles. The largest absolute Gasteiger partial charge is 0.468 e. The molecule has 2 atom stereocenters. The molecule has 0 aliphatic rings. The molecule has 0 aromatic heterocycles. The van der Waals surface area contributed by atoms with Crippen LogP contribution in [0.25, 0.3) is 0 Å². The Morgan fingerprint density at radius 2 is 2.00 bits per heavy atom. The first-order chi connectivity index (χ1) is 8.15. The maximum atomic E-state index is 13.5. The standard InChI is InChI=1S/C12H9FN2O2/c1-17-12(16)10(7-15)9(6-14)8-4-2-3-5-11(8)13/h2-5,9-10H,1H3/t9-,10+/m1/s1. The summed E-state index contributed by atoms with van der Waals surface area (Å²) in [5, 5.41) is 17.8. The van der Waals surface area contributed by atoms with Gasteiger partial charge in [0.2, 0.25) is 0 Å². The van der Waals surface area contributed by atoms with Gasteiger partial charge in [-0.15, -0.1) is 0 Å². The molecule has 0 heterocycles. The van der Waals surface area contributed by atoms with Crippen LogP contribution in [0.2, 0.25) is 0 Å². The summed E-state index contributed by atoms with van der Waals surface area (Å²) in [6.45, 7) is 0. The van der Waals surface area contributed by atoms with Crippen molar-refractivity contribution in [2.45, 2.75) is 5.92 Å². The molecular formula is C12H9FN2O2. The maximum absolute atomic E-state index is 13.5. The van der Waals surface area contributed by atoms with E-state index in [0.29, 0.717) is 0 Å². The van der Waals surface area contributed by atoms with Crippen LogP contribution in [0.4, 0.5) is 4.39 Å². The summed E-state index contributed by atoms with van der Waals surface area (Å²) >= 11 is 0. The highest BCUT2D eigenvalue weighted by molar-refractivity contribution is 5.77. The monoisotopic (exact) mass is 232 g/mol. The van der Waals surface area contributed by atoms with E-state index in [0.717, 1.165) is 7.11 Å². The number of rotatable bonds is 3. The van der Waals surface area contributed by atoms with Crippen LogP contribution in [0.3, 0.4) is 0 Å². The smallest absolute Gasteiger partial charge is 0.324 e. The summed E-state index contributed by atoms with van der Waals surface area (Å²) in [7, 11) is 1.11. The van der Waals surface area contributed by atoms with Crippen molar-refractivity contribution >= 4 is 5.97 Å². The highest BCUT2D eigenvalue weighted by atomic mass is 19.1. The van der Waals surface area contributed by atoms with Gasteiger partial charge in [0.15, 0.2) is 5.92 Å². The average Bonchev–Trinajstić information content (AvgIpc) is 2.36. The van der Waals surface area contributed by atoms with Crippen LogP contribution in [0.5, 0.6) is 0 Å². The van der Waals surface area contributed by atoms with Crippen LogP contribution in [0, 0.1) is 34.4 Å². The lowest BCUT2D eigenvalue weighted by atomic mass is 9.88.